The molecule has 2 saturated carbocycles. The van der Waals surface area contributed by atoms with Gasteiger partial charge >= 0.3 is 12.1 Å². The number of methoxy groups -OCH3 is 1. The molecule has 6 rings (SSSR count). The van der Waals surface area contributed by atoms with Gasteiger partial charge in [0.25, 0.3) is 0 Å². The van der Waals surface area contributed by atoms with Gasteiger partial charge in [-0.25, -0.2) is 19.6 Å². The van der Waals surface area contributed by atoms with Crippen LogP contribution in [0.2, 0.25) is 0 Å². The molecule has 0 radical (unpaired) electrons. The van der Waals surface area contributed by atoms with Crippen LogP contribution in [0, 0.1) is 18.3 Å². The Morgan fingerprint density at radius 3 is 2.43 bits per heavy atom. The maximum absolute atomic E-state index is 14.7. The molecule has 2 aliphatic carbocycles. The number of pyridine rings is 1. The molecule has 3 fully saturated rings. The number of ether oxygens (including phenoxy) is 3. The van der Waals surface area contributed by atoms with E-state index < -0.39 is 64.5 Å². The third-order valence-corrected chi connectivity index (χ3v) is 11.9. The smallest absolute Gasteiger partial charge is 0.408 e. The fraction of sp³-hybridized carbons (Fsp3) is 0.561. The third-order valence-electron chi connectivity index (χ3n) is 11.1. The van der Waals surface area contributed by atoms with E-state index in [1.807, 2.05) is 66.0 Å². The van der Waals surface area contributed by atoms with Gasteiger partial charge in [-0.1, -0.05) is 26.8 Å². The van der Waals surface area contributed by atoms with Crippen LogP contribution in [0.4, 0.5) is 9.93 Å². The number of anilines is 1. The Balaban J connectivity index is 1.35. The molecule has 3 heterocycles. The molecule has 0 spiro atoms. The van der Waals surface area contributed by atoms with Gasteiger partial charge in [-0.2, -0.15) is 0 Å². The highest BCUT2D eigenvalue weighted by Gasteiger charge is 2.61. The molecule has 0 bridgehead atoms. The molecule has 3 aliphatic rings. The van der Waals surface area contributed by atoms with Crippen molar-refractivity contribution in [1.82, 2.24) is 25.5 Å². The van der Waals surface area contributed by atoms with Crippen molar-refractivity contribution in [2.24, 2.45) is 11.3 Å². The zero-order valence-corrected chi connectivity index (χ0v) is 34.3. The molecule has 3 aromatic rings. The van der Waals surface area contributed by atoms with Crippen LogP contribution in [-0.2, 0) is 19.1 Å². The first-order valence-corrected chi connectivity index (χ1v) is 20.1. The highest BCUT2D eigenvalue weighted by atomic mass is 32.1. The molecule has 302 valence electrons. The zero-order valence-electron chi connectivity index (χ0n) is 33.5. The van der Waals surface area contributed by atoms with Crippen LogP contribution < -0.4 is 25.4 Å². The predicted molar refractivity (Wildman–Crippen MR) is 214 cm³/mol. The van der Waals surface area contributed by atoms with Crippen molar-refractivity contribution in [3.8, 4) is 22.9 Å². The second-order valence-corrected chi connectivity index (χ2v) is 17.8. The number of fused-ring (bicyclic) bond motifs is 1. The molecule has 1 aliphatic heterocycles. The molecule has 1 aromatic carbocycles. The van der Waals surface area contributed by atoms with Gasteiger partial charge in [0.1, 0.15) is 46.5 Å². The molecule has 56 heavy (non-hydrogen) atoms. The van der Waals surface area contributed by atoms with Crippen LogP contribution in [0.15, 0.2) is 36.2 Å². The van der Waals surface area contributed by atoms with E-state index >= 15 is 0 Å². The highest BCUT2D eigenvalue weighted by Crippen LogP contribution is 2.45. The van der Waals surface area contributed by atoms with Gasteiger partial charge in [0.15, 0.2) is 5.13 Å². The summed E-state index contributed by atoms with van der Waals surface area (Å²) < 4.78 is 18.2. The van der Waals surface area contributed by atoms with Crippen LogP contribution in [0.3, 0.4) is 0 Å². The second-order valence-electron chi connectivity index (χ2n) is 16.9. The van der Waals surface area contributed by atoms with E-state index in [9.17, 15) is 24.3 Å². The number of nitrogens with zero attached hydrogens (tertiary/aromatic N) is 3. The number of aryl methyl sites for hydroxylation is 1. The quantitative estimate of drug-likeness (QED) is 0.140. The lowest BCUT2D eigenvalue weighted by molar-refractivity contribution is -0.146. The average Bonchev–Trinajstić information content (AvgIpc) is 3.46. The van der Waals surface area contributed by atoms with Crippen LogP contribution in [0.25, 0.3) is 22.3 Å². The standard InChI is InChI=1S/C41H54N6O8S/c1-10-24-19-41(24,36(50)51)46-34(48)29-17-25(20-47(29)35(49)33(39(5,6)7)45-38(52)55-40(8)15-11-12-16-40)54-31-18-27(28-21-56-37(44-28)42-22(2)3)43-32-23(4)30(53-9)14-13-26(31)32/h10,13-14,18,21-22,24-25,29,33H,1,11-12,15-17,19-20H2,2-9H3,(H,42,44)(H,45,52)(H,46,48)(H,50,51)/t24-,25-,29+,33-,41-/m1/s1. The lowest BCUT2D eigenvalue weighted by Gasteiger charge is -2.36. The predicted octanol–water partition coefficient (Wildman–Crippen LogP) is 6.46. The number of carboxylic acid groups (broad SMARTS) is 1. The molecule has 15 heteroatoms. The summed E-state index contributed by atoms with van der Waals surface area (Å²) in [7, 11) is 1.59. The second kappa shape index (κ2) is 15.5. The topological polar surface area (TPSA) is 181 Å². The van der Waals surface area contributed by atoms with E-state index in [0.717, 1.165) is 36.4 Å². The lowest BCUT2D eigenvalue weighted by Crippen LogP contribution is -2.59. The number of carbonyl (C=O) groups is 4. The number of hydrogen-bond acceptors (Lipinski definition) is 11. The summed E-state index contributed by atoms with van der Waals surface area (Å²) in [5, 5.41) is 22.4. The lowest BCUT2D eigenvalue weighted by atomic mass is 9.85. The van der Waals surface area contributed by atoms with Crippen molar-refractivity contribution >= 4 is 51.2 Å². The number of amides is 3. The summed E-state index contributed by atoms with van der Waals surface area (Å²) in [6, 6.07) is 3.50. The minimum Gasteiger partial charge on any atom is -0.496 e. The number of likely N-dealkylation sites (tertiary alicyclic amines) is 1. The van der Waals surface area contributed by atoms with Gasteiger partial charge in [0.05, 0.1) is 24.9 Å². The number of aliphatic carboxylic acids is 1. The Labute approximate surface area is 331 Å². The van der Waals surface area contributed by atoms with Crippen molar-refractivity contribution in [3.05, 3.63) is 41.8 Å². The molecule has 4 N–H and O–H groups in total. The van der Waals surface area contributed by atoms with Gasteiger partial charge in [-0.05, 0) is 77.3 Å². The van der Waals surface area contributed by atoms with E-state index in [4.69, 9.17) is 24.2 Å². The molecular weight excluding hydrogens is 737 g/mol. The Bertz CT molecular complexity index is 2020. The molecular formula is C41H54N6O8S. The van der Waals surface area contributed by atoms with Crippen molar-refractivity contribution < 1.29 is 38.5 Å². The Kier molecular flexibility index (Phi) is 11.3. The summed E-state index contributed by atoms with van der Waals surface area (Å²) >= 11 is 1.46. The van der Waals surface area contributed by atoms with Crippen LogP contribution in [-0.4, -0.2) is 92.9 Å². The van der Waals surface area contributed by atoms with E-state index in [1.54, 1.807) is 13.2 Å². The van der Waals surface area contributed by atoms with Gasteiger partial charge in [0.2, 0.25) is 11.8 Å². The molecule has 2 aromatic heterocycles. The van der Waals surface area contributed by atoms with Gasteiger partial charge in [0, 0.05) is 40.8 Å². The molecule has 14 nitrogen and oxygen atoms in total. The molecule has 0 unspecified atom stereocenters. The fourth-order valence-electron chi connectivity index (χ4n) is 7.82. The number of hydrogen-bond donors (Lipinski definition) is 4. The van der Waals surface area contributed by atoms with Crippen molar-refractivity contribution in [2.45, 2.75) is 122 Å². The molecule has 3 amide bonds. The number of nitrogens with one attached hydrogen (secondary N) is 3. The number of carboxylic acids is 1. The van der Waals surface area contributed by atoms with E-state index in [2.05, 4.69) is 22.5 Å². The van der Waals surface area contributed by atoms with E-state index in [1.165, 1.54) is 22.3 Å². The van der Waals surface area contributed by atoms with Gasteiger partial charge in [-0.3, -0.25) is 9.59 Å². The Morgan fingerprint density at radius 2 is 1.82 bits per heavy atom. The first-order chi connectivity index (χ1) is 26.4. The summed E-state index contributed by atoms with van der Waals surface area (Å²) in [5.74, 6) is -1.65. The fourth-order valence-corrected chi connectivity index (χ4v) is 8.67. The maximum atomic E-state index is 14.7. The minimum atomic E-state index is -1.52. The molecule has 5 atom stereocenters. The minimum absolute atomic E-state index is 0.0175. The SMILES string of the molecule is C=C[C@@H]1C[C@]1(NC(=O)[C@@H]1C[C@@H](Oc2cc(-c3csc(NC(C)C)n3)nc3c(C)c(OC)ccc23)CN1C(=O)[C@@H](NC(=O)OC1(C)CCCC1)C(C)(C)C)C(=O)O. The number of alkyl carbamates (subject to hydrolysis) is 1. The number of thiazole rings is 1. The molecule has 1 saturated heterocycles. The number of rotatable bonds is 13. The van der Waals surface area contributed by atoms with Crippen LogP contribution in [0.5, 0.6) is 11.5 Å². The van der Waals surface area contributed by atoms with Crippen molar-refractivity contribution in [3.63, 3.8) is 0 Å². The summed E-state index contributed by atoms with van der Waals surface area (Å²) in [5.41, 5.74) is -0.280. The van der Waals surface area contributed by atoms with Crippen LogP contribution >= 0.6 is 11.3 Å². The average molecular weight is 791 g/mol. The third kappa shape index (κ3) is 8.28. The van der Waals surface area contributed by atoms with Gasteiger partial charge in [-0.15, -0.1) is 17.9 Å². The Hall–Kier alpha value is -4.92. The highest BCUT2D eigenvalue weighted by molar-refractivity contribution is 7.14. The monoisotopic (exact) mass is 790 g/mol. The van der Waals surface area contributed by atoms with Crippen LogP contribution in [0.1, 0.15) is 85.6 Å². The first kappa shape index (κ1) is 40.7. The Morgan fingerprint density at radius 1 is 1.11 bits per heavy atom. The summed E-state index contributed by atoms with van der Waals surface area (Å²) in [4.78, 5) is 65.8. The largest absolute Gasteiger partial charge is 0.496 e. The summed E-state index contributed by atoms with van der Waals surface area (Å²) in [6.07, 6.45) is 3.71. The van der Waals surface area contributed by atoms with Crippen molar-refractivity contribution in [2.75, 3.05) is 19.0 Å². The normalized spacial score (nSPS) is 23.4. The van der Waals surface area contributed by atoms with E-state index in [-0.39, 0.29) is 25.4 Å². The van der Waals surface area contributed by atoms with Gasteiger partial charge < -0.3 is 40.2 Å². The summed E-state index contributed by atoms with van der Waals surface area (Å²) in [6.45, 7) is 17.1. The number of benzene rings is 1. The first-order valence-electron chi connectivity index (χ1n) is 19.2. The number of aromatic nitrogens is 2. The number of carbonyl (C=O) groups excluding carboxylic acids is 3. The maximum Gasteiger partial charge on any atom is 0.408 e. The van der Waals surface area contributed by atoms with E-state index in [0.29, 0.717) is 33.8 Å². The zero-order chi connectivity index (χ0) is 40.7. The van der Waals surface area contributed by atoms with Crippen molar-refractivity contribution in [1.29, 1.82) is 0 Å².